The molecular formula is C18H16ClN5O4. The molecule has 0 radical (unpaired) electrons. The van der Waals surface area contributed by atoms with E-state index in [1.54, 1.807) is 30.3 Å². The highest BCUT2D eigenvalue weighted by Crippen LogP contribution is 2.30. The smallest absolute Gasteiger partial charge is 0.323 e. The van der Waals surface area contributed by atoms with E-state index in [0.29, 0.717) is 33.2 Å². The van der Waals surface area contributed by atoms with Gasteiger partial charge < -0.3 is 20.0 Å². The average Bonchev–Trinajstić information content (AvgIpc) is 3.01. The molecule has 1 aromatic heterocycles. The highest BCUT2D eigenvalue weighted by molar-refractivity contribution is 6.30. The summed E-state index contributed by atoms with van der Waals surface area (Å²) in [6.45, 7) is 1.24. The number of nitrogens with zero attached hydrogens (tertiary/aromatic N) is 2. The summed E-state index contributed by atoms with van der Waals surface area (Å²) in [6, 6.07) is 8.17. The number of carbonyl (C=O) groups is 2. The van der Waals surface area contributed by atoms with Crippen LogP contribution < -0.4 is 15.7 Å². The number of halogens is 1. The lowest BCUT2D eigenvalue weighted by Crippen LogP contribution is -2.31. The Labute approximate surface area is 163 Å². The lowest BCUT2D eigenvalue weighted by molar-refractivity contribution is -0.126. The van der Waals surface area contributed by atoms with Crippen LogP contribution in [0.15, 0.2) is 51.4 Å². The van der Waals surface area contributed by atoms with Crippen molar-refractivity contribution in [3.05, 3.63) is 51.9 Å². The van der Waals surface area contributed by atoms with Crippen molar-refractivity contribution >= 4 is 45.7 Å². The van der Waals surface area contributed by atoms with Crippen LogP contribution in [0.3, 0.4) is 0 Å². The largest absolute Gasteiger partial charge is 0.494 e. The van der Waals surface area contributed by atoms with Gasteiger partial charge in [-0.25, -0.2) is 4.79 Å². The number of hydrogen-bond acceptors (Lipinski definition) is 6. The maximum Gasteiger partial charge on any atom is 0.323 e. The lowest BCUT2D eigenvalue weighted by atomic mass is 10.2. The molecule has 0 saturated carbocycles. The number of aromatic amines is 2. The zero-order valence-corrected chi connectivity index (χ0v) is 15.7. The Hall–Kier alpha value is -3.46. The van der Waals surface area contributed by atoms with Crippen LogP contribution in [-0.4, -0.2) is 34.8 Å². The fourth-order valence-electron chi connectivity index (χ4n) is 2.50. The number of benzene rings is 2. The molecular weight excluding hydrogens is 386 g/mol. The molecule has 0 spiro atoms. The van der Waals surface area contributed by atoms with E-state index in [1.165, 1.54) is 20.1 Å². The number of imidazole rings is 1. The number of fused-ring (bicyclic) bond motifs is 1. The second kappa shape index (κ2) is 8.05. The SMILES string of the molecule is COc1ccc(Cl)cc1N=NC(C(C)=O)C(=O)Nc1ccc2[nH]c(=O)[nH]c2c1. The molecule has 1 atom stereocenters. The standard InChI is InChI=1S/C18H16ClN5O4/c1-9(25)16(24-23-14-7-10(19)3-6-15(14)28-2)17(26)20-11-4-5-12-13(8-11)22-18(27)21-12/h3-8,16H,1-2H3,(H,20,26)(H2,21,22,27). The molecule has 0 saturated heterocycles. The number of carbonyl (C=O) groups excluding carboxylic acids is 2. The third kappa shape index (κ3) is 4.26. The number of Topliss-reactive ketones (excluding diaryl/α,β-unsaturated/α-hetero) is 1. The quantitative estimate of drug-likeness (QED) is 0.432. The summed E-state index contributed by atoms with van der Waals surface area (Å²) in [6.07, 6.45) is 0. The van der Waals surface area contributed by atoms with Crippen LogP contribution in [0.5, 0.6) is 5.75 Å². The van der Waals surface area contributed by atoms with Crippen molar-refractivity contribution in [1.82, 2.24) is 9.97 Å². The summed E-state index contributed by atoms with van der Waals surface area (Å²) in [5, 5.41) is 10.8. The highest BCUT2D eigenvalue weighted by atomic mass is 35.5. The van der Waals surface area contributed by atoms with E-state index in [4.69, 9.17) is 16.3 Å². The van der Waals surface area contributed by atoms with Gasteiger partial charge in [-0.05, 0) is 43.3 Å². The van der Waals surface area contributed by atoms with Crippen LogP contribution in [0.4, 0.5) is 11.4 Å². The number of hydrogen-bond donors (Lipinski definition) is 3. The summed E-state index contributed by atoms with van der Waals surface area (Å²) < 4.78 is 5.16. The number of ether oxygens (including phenoxy) is 1. The molecule has 0 aliphatic heterocycles. The van der Waals surface area contributed by atoms with Crippen molar-refractivity contribution in [2.45, 2.75) is 13.0 Å². The van der Waals surface area contributed by atoms with Crippen molar-refractivity contribution in [1.29, 1.82) is 0 Å². The molecule has 3 rings (SSSR count). The minimum atomic E-state index is -1.36. The zero-order valence-electron chi connectivity index (χ0n) is 14.9. The van der Waals surface area contributed by atoms with E-state index in [2.05, 4.69) is 25.5 Å². The fraction of sp³-hybridized carbons (Fsp3) is 0.167. The van der Waals surface area contributed by atoms with E-state index < -0.39 is 17.7 Å². The maximum absolute atomic E-state index is 12.5. The van der Waals surface area contributed by atoms with Crippen LogP contribution in [0.25, 0.3) is 11.0 Å². The van der Waals surface area contributed by atoms with Gasteiger partial charge >= 0.3 is 5.69 Å². The number of anilines is 1. The molecule has 3 N–H and O–H groups in total. The lowest BCUT2D eigenvalue weighted by Gasteiger charge is -2.10. The molecule has 0 aliphatic rings. The first-order chi connectivity index (χ1) is 13.4. The van der Waals surface area contributed by atoms with E-state index >= 15 is 0 Å². The molecule has 3 aromatic rings. The summed E-state index contributed by atoms with van der Waals surface area (Å²) in [7, 11) is 1.46. The monoisotopic (exact) mass is 401 g/mol. The molecule has 1 amide bonds. The van der Waals surface area contributed by atoms with Gasteiger partial charge in [0.15, 0.2) is 5.78 Å². The second-order valence-electron chi connectivity index (χ2n) is 5.87. The van der Waals surface area contributed by atoms with Gasteiger partial charge in [-0.1, -0.05) is 11.6 Å². The highest BCUT2D eigenvalue weighted by Gasteiger charge is 2.23. The number of rotatable bonds is 6. The Balaban J connectivity index is 1.82. The number of nitrogens with one attached hydrogen (secondary N) is 3. The van der Waals surface area contributed by atoms with Gasteiger partial charge in [0.05, 0.1) is 18.1 Å². The van der Waals surface area contributed by atoms with E-state index in [-0.39, 0.29) is 5.69 Å². The number of H-pyrrole nitrogens is 2. The van der Waals surface area contributed by atoms with E-state index in [9.17, 15) is 14.4 Å². The van der Waals surface area contributed by atoms with Gasteiger partial charge in [0.1, 0.15) is 11.4 Å². The first-order valence-electron chi connectivity index (χ1n) is 8.15. The molecule has 2 aromatic carbocycles. The normalized spacial score (nSPS) is 12.2. The molecule has 0 fully saturated rings. The number of ketones is 1. The van der Waals surface area contributed by atoms with Crippen LogP contribution >= 0.6 is 11.6 Å². The Bertz CT molecular complexity index is 1130. The Kier molecular flexibility index (Phi) is 5.55. The third-order valence-corrected chi connectivity index (χ3v) is 4.07. The first kappa shape index (κ1) is 19.3. The summed E-state index contributed by atoms with van der Waals surface area (Å²) in [5.74, 6) is -0.745. The van der Waals surface area contributed by atoms with Gasteiger partial charge in [0, 0.05) is 10.7 Å². The van der Waals surface area contributed by atoms with Gasteiger partial charge in [0.2, 0.25) is 6.04 Å². The molecule has 0 aliphatic carbocycles. The zero-order chi connectivity index (χ0) is 20.3. The van der Waals surface area contributed by atoms with Crippen molar-refractivity contribution < 1.29 is 14.3 Å². The number of amides is 1. The first-order valence-corrected chi connectivity index (χ1v) is 8.53. The predicted octanol–water partition coefficient (Wildman–Crippen LogP) is 3.20. The Morgan fingerprint density at radius 3 is 2.61 bits per heavy atom. The minimum Gasteiger partial charge on any atom is -0.494 e. The topological polar surface area (TPSA) is 129 Å². The molecule has 144 valence electrons. The van der Waals surface area contributed by atoms with Crippen LogP contribution in [0, 0.1) is 0 Å². The van der Waals surface area contributed by atoms with Crippen molar-refractivity contribution in [2.24, 2.45) is 10.2 Å². The summed E-state index contributed by atoms with van der Waals surface area (Å²) >= 11 is 5.94. The predicted molar refractivity (Wildman–Crippen MR) is 105 cm³/mol. The third-order valence-electron chi connectivity index (χ3n) is 3.84. The number of azo groups is 1. The van der Waals surface area contributed by atoms with Crippen LogP contribution in [0.1, 0.15) is 6.92 Å². The van der Waals surface area contributed by atoms with Crippen molar-refractivity contribution in [2.75, 3.05) is 12.4 Å². The van der Waals surface area contributed by atoms with Crippen LogP contribution in [0.2, 0.25) is 5.02 Å². The van der Waals surface area contributed by atoms with Gasteiger partial charge in [-0.3, -0.25) is 9.59 Å². The van der Waals surface area contributed by atoms with Gasteiger partial charge in [0.25, 0.3) is 5.91 Å². The molecule has 0 bridgehead atoms. The average molecular weight is 402 g/mol. The molecule has 1 heterocycles. The molecule has 10 heteroatoms. The Morgan fingerprint density at radius 1 is 1.14 bits per heavy atom. The summed E-state index contributed by atoms with van der Waals surface area (Å²) in [5.41, 5.74) is 1.45. The second-order valence-corrected chi connectivity index (χ2v) is 6.31. The van der Waals surface area contributed by atoms with Crippen LogP contribution in [-0.2, 0) is 9.59 Å². The number of aromatic nitrogens is 2. The maximum atomic E-state index is 12.5. The molecule has 1 unspecified atom stereocenters. The summed E-state index contributed by atoms with van der Waals surface area (Å²) in [4.78, 5) is 40.9. The van der Waals surface area contributed by atoms with Gasteiger partial charge in [-0.2, -0.15) is 10.2 Å². The minimum absolute atomic E-state index is 0.292. The Morgan fingerprint density at radius 2 is 1.89 bits per heavy atom. The number of methoxy groups -OCH3 is 1. The fourth-order valence-corrected chi connectivity index (χ4v) is 2.67. The van der Waals surface area contributed by atoms with Crippen molar-refractivity contribution in [3.63, 3.8) is 0 Å². The van der Waals surface area contributed by atoms with Gasteiger partial charge in [-0.15, -0.1) is 0 Å². The van der Waals surface area contributed by atoms with Crippen molar-refractivity contribution in [3.8, 4) is 5.75 Å². The van der Waals surface area contributed by atoms with E-state index in [0.717, 1.165) is 0 Å². The molecule has 9 nitrogen and oxygen atoms in total. The molecule has 28 heavy (non-hydrogen) atoms. The van der Waals surface area contributed by atoms with E-state index in [1.807, 2.05) is 0 Å².